The average Bonchev–Trinajstić information content (AvgIpc) is 2.91. The Labute approximate surface area is 131 Å². The molecule has 22 heavy (non-hydrogen) atoms. The lowest BCUT2D eigenvalue weighted by molar-refractivity contribution is -0.121. The minimum atomic E-state index is 0.0596. The first-order valence-corrected chi connectivity index (χ1v) is 7.57. The van der Waals surface area contributed by atoms with E-state index in [4.69, 9.17) is 4.74 Å². The van der Waals surface area contributed by atoms with Crippen molar-refractivity contribution >= 4 is 5.91 Å². The van der Waals surface area contributed by atoms with Crippen molar-refractivity contribution in [2.24, 2.45) is 7.05 Å². The average molecular weight is 301 g/mol. The zero-order chi connectivity index (χ0) is 15.8. The topological polar surface area (TPSA) is 56.1 Å². The summed E-state index contributed by atoms with van der Waals surface area (Å²) in [4.78, 5) is 15.9. The molecule has 118 valence electrons. The van der Waals surface area contributed by atoms with Gasteiger partial charge in [-0.2, -0.15) is 0 Å². The molecule has 0 unspecified atom stereocenters. The number of carbonyl (C=O) groups excluding carboxylic acids is 1. The van der Waals surface area contributed by atoms with Gasteiger partial charge in [0, 0.05) is 32.6 Å². The number of rotatable bonds is 8. The Morgan fingerprint density at radius 1 is 1.36 bits per heavy atom. The van der Waals surface area contributed by atoms with Gasteiger partial charge in [-0.25, -0.2) is 4.98 Å². The molecule has 0 radical (unpaired) electrons. The quantitative estimate of drug-likeness (QED) is 0.761. The number of aromatic nitrogens is 2. The van der Waals surface area contributed by atoms with Crippen LogP contribution in [-0.4, -0.2) is 28.6 Å². The minimum absolute atomic E-state index is 0.0596. The van der Waals surface area contributed by atoms with Crippen molar-refractivity contribution in [3.63, 3.8) is 0 Å². The summed E-state index contributed by atoms with van der Waals surface area (Å²) < 4.78 is 7.57. The van der Waals surface area contributed by atoms with Crippen molar-refractivity contribution in [3.05, 3.63) is 48.0 Å². The van der Waals surface area contributed by atoms with E-state index >= 15 is 0 Å². The van der Waals surface area contributed by atoms with Crippen LogP contribution in [0.1, 0.15) is 24.1 Å². The second kappa shape index (κ2) is 8.22. The van der Waals surface area contributed by atoms with Crippen LogP contribution in [-0.2, 0) is 18.3 Å². The number of nitrogens with one attached hydrogen (secondary N) is 1. The van der Waals surface area contributed by atoms with E-state index in [1.54, 1.807) is 6.33 Å². The molecule has 0 atom stereocenters. The van der Waals surface area contributed by atoms with Crippen LogP contribution in [0.25, 0.3) is 0 Å². The van der Waals surface area contributed by atoms with Gasteiger partial charge < -0.3 is 14.6 Å². The van der Waals surface area contributed by atoms with E-state index in [-0.39, 0.29) is 5.91 Å². The number of hydrogen-bond acceptors (Lipinski definition) is 3. The third-order valence-electron chi connectivity index (χ3n) is 3.36. The van der Waals surface area contributed by atoms with Gasteiger partial charge in [0.2, 0.25) is 5.91 Å². The molecule has 1 amide bonds. The van der Waals surface area contributed by atoms with Crippen LogP contribution >= 0.6 is 0 Å². The van der Waals surface area contributed by atoms with Crippen LogP contribution in [0.2, 0.25) is 0 Å². The van der Waals surface area contributed by atoms with Crippen molar-refractivity contribution in [1.29, 1.82) is 0 Å². The summed E-state index contributed by atoms with van der Waals surface area (Å²) in [5.74, 6) is 0.947. The van der Waals surface area contributed by atoms with Crippen LogP contribution in [0.4, 0.5) is 0 Å². The maximum absolute atomic E-state index is 11.7. The molecule has 0 aliphatic heterocycles. The van der Waals surface area contributed by atoms with Crippen LogP contribution < -0.4 is 10.1 Å². The number of amides is 1. The molecule has 0 saturated carbocycles. The number of ether oxygens (including phenoxy) is 1. The summed E-state index contributed by atoms with van der Waals surface area (Å²) in [6.07, 6.45) is 5.67. The van der Waals surface area contributed by atoms with Gasteiger partial charge >= 0.3 is 0 Å². The maximum atomic E-state index is 11.7. The standard InChI is InChI=1S/C17H23N3O2/c1-14-6-3-4-7-16(14)22-11-5-8-17(21)18-10-9-15-12-20(2)13-19-15/h3-4,6-7,12-13H,5,8-11H2,1-2H3,(H,18,21). The van der Waals surface area contributed by atoms with Crippen molar-refractivity contribution in [1.82, 2.24) is 14.9 Å². The van der Waals surface area contributed by atoms with Crippen molar-refractivity contribution in [2.75, 3.05) is 13.2 Å². The number of imidazole rings is 1. The first kappa shape index (κ1) is 16.1. The second-order valence-corrected chi connectivity index (χ2v) is 5.35. The van der Waals surface area contributed by atoms with E-state index in [1.165, 1.54) is 0 Å². The fourth-order valence-corrected chi connectivity index (χ4v) is 2.15. The molecule has 1 N–H and O–H groups in total. The number of para-hydroxylation sites is 1. The SMILES string of the molecule is Cc1ccccc1OCCCC(=O)NCCc1cn(C)cn1. The van der Waals surface area contributed by atoms with E-state index in [0.717, 1.165) is 23.4 Å². The van der Waals surface area contributed by atoms with E-state index in [9.17, 15) is 4.79 Å². The smallest absolute Gasteiger partial charge is 0.220 e. The summed E-state index contributed by atoms with van der Waals surface area (Å²) in [6.45, 7) is 3.19. The Hall–Kier alpha value is -2.30. The molecule has 0 aliphatic carbocycles. The predicted octanol–water partition coefficient (Wildman–Crippen LogP) is 2.25. The van der Waals surface area contributed by atoms with E-state index in [0.29, 0.717) is 26.0 Å². The molecule has 0 spiro atoms. The highest BCUT2D eigenvalue weighted by molar-refractivity contribution is 5.75. The molecule has 1 aromatic carbocycles. The second-order valence-electron chi connectivity index (χ2n) is 5.35. The van der Waals surface area contributed by atoms with Gasteiger partial charge in [0.05, 0.1) is 18.6 Å². The molecule has 1 heterocycles. The molecular formula is C17H23N3O2. The molecule has 0 bridgehead atoms. The number of hydrogen-bond donors (Lipinski definition) is 1. The zero-order valence-corrected chi connectivity index (χ0v) is 13.2. The van der Waals surface area contributed by atoms with Gasteiger partial charge in [-0.3, -0.25) is 4.79 Å². The van der Waals surface area contributed by atoms with E-state index in [2.05, 4.69) is 10.3 Å². The fourth-order valence-electron chi connectivity index (χ4n) is 2.15. The van der Waals surface area contributed by atoms with Gasteiger partial charge in [-0.05, 0) is 25.0 Å². The Morgan fingerprint density at radius 3 is 2.91 bits per heavy atom. The molecule has 5 nitrogen and oxygen atoms in total. The fraction of sp³-hybridized carbons (Fsp3) is 0.412. The predicted molar refractivity (Wildman–Crippen MR) is 85.8 cm³/mol. The first-order valence-electron chi connectivity index (χ1n) is 7.57. The molecule has 5 heteroatoms. The van der Waals surface area contributed by atoms with E-state index < -0.39 is 0 Å². The molecule has 0 aliphatic rings. The lowest BCUT2D eigenvalue weighted by atomic mass is 10.2. The summed E-state index contributed by atoms with van der Waals surface area (Å²) in [5.41, 5.74) is 2.10. The number of aryl methyl sites for hydroxylation is 2. The third-order valence-corrected chi connectivity index (χ3v) is 3.36. The molecule has 1 aromatic heterocycles. The lowest BCUT2D eigenvalue weighted by Gasteiger charge is -2.08. The highest BCUT2D eigenvalue weighted by atomic mass is 16.5. The van der Waals surface area contributed by atoms with Crippen molar-refractivity contribution in [2.45, 2.75) is 26.2 Å². The zero-order valence-electron chi connectivity index (χ0n) is 13.2. The number of carbonyl (C=O) groups is 1. The molecule has 2 aromatic rings. The van der Waals surface area contributed by atoms with Crippen LogP contribution in [0.15, 0.2) is 36.8 Å². The Balaban J connectivity index is 1.57. The molecule has 0 saturated heterocycles. The monoisotopic (exact) mass is 301 g/mol. The summed E-state index contributed by atoms with van der Waals surface area (Å²) >= 11 is 0. The van der Waals surface area contributed by atoms with Gasteiger partial charge in [-0.15, -0.1) is 0 Å². The third kappa shape index (κ3) is 5.24. The van der Waals surface area contributed by atoms with Gasteiger partial charge in [0.15, 0.2) is 0 Å². The number of benzene rings is 1. The Bertz CT molecular complexity index is 607. The van der Waals surface area contributed by atoms with Crippen LogP contribution in [0, 0.1) is 6.92 Å². The number of nitrogens with zero attached hydrogens (tertiary/aromatic N) is 2. The van der Waals surface area contributed by atoms with Gasteiger partial charge in [-0.1, -0.05) is 18.2 Å². The molecular weight excluding hydrogens is 278 g/mol. The van der Waals surface area contributed by atoms with Crippen LogP contribution in [0.3, 0.4) is 0 Å². The minimum Gasteiger partial charge on any atom is -0.493 e. The summed E-state index contributed by atoms with van der Waals surface area (Å²) in [7, 11) is 1.93. The summed E-state index contributed by atoms with van der Waals surface area (Å²) in [6, 6.07) is 7.89. The largest absolute Gasteiger partial charge is 0.493 e. The highest BCUT2D eigenvalue weighted by Gasteiger charge is 2.03. The molecule has 0 fully saturated rings. The van der Waals surface area contributed by atoms with Crippen molar-refractivity contribution in [3.8, 4) is 5.75 Å². The van der Waals surface area contributed by atoms with Gasteiger partial charge in [0.1, 0.15) is 5.75 Å². The maximum Gasteiger partial charge on any atom is 0.220 e. The Morgan fingerprint density at radius 2 is 2.18 bits per heavy atom. The normalized spacial score (nSPS) is 10.5. The lowest BCUT2D eigenvalue weighted by Crippen LogP contribution is -2.25. The Kier molecular flexibility index (Phi) is 6.01. The van der Waals surface area contributed by atoms with Gasteiger partial charge in [0.25, 0.3) is 0 Å². The molecule has 2 rings (SSSR count). The van der Waals surface area contributed by atoms with Crippen LogP contribution in [0.5, 0.6) is 5.75 Å². The van der Waals surface area contributed by atoms with E-state index in [1.807, 2.05) is 49.0 Å². The van der Waals surface area contributed by atoms with Crippen molar-refractivity contribution < 1.29 is 9.53 Å². The summed E-state index contributed by atoms with van der Waals surface area (Å²) in [5, 5.41) is 2.91. The first-order chi connectivity index (χ1) is 10.6. The highest BCUT2D eigenvalue weighted by Crippen LogP contribution is 2.16.